The maximum absolute atomic E-state index is 8.50. The Labute approximate surface area is 32.1 Å². The van der Waals surface area contributed by atoms with E-state index < -0.39 is 18.5 Å². The first-order valence-electron chi connectivity index (χ1n) is 0.333. The molecule has 2 N–H and O–H groups in total. The van der Waals surface area contributed by atoms with E-state index in [-0.39, 0.29) is 6.15 Å². The zero-order valence-corrected chi connectivity index (χ0v) is 3.81. The van der Waals surface area contributed by atoms with Crippen LogP contribution >= 0.6 is 0 Å². The van der Waals surface area contributed by atoms with Gasteiger partial charge in [-0.25, -0.2) is 0 Å². The van der Waals surface area contributed by atoms with E-state index in [0.717, 1.165) is 0 Å². The van der Waals surface area contributed by atoms with Crippen LogP contribution in [0.1, 0.15) is 0 Å². The van der Waals surface area contributed by atoms with Gasteiger partial charge in [-0.2, -0.15) is 0 Å². The Bertz CT molecular complexity index is 27.0. The SMILES string of the molecule is [NH2-].[O]=[Mo]=[O]. The van der Waals surface area contributed by atoms with E-state index in [2.05, 4.69) is 0 Å². The molecule has 0 aliphatic carbocycles. The summed E-state index contributed by atoms with van der Waals surface area (Å²) in [6.45, 7) is 0. The Balaban J connectivity index is 0. The molecule has 0 aliphatic heterocycles. The molecule has 4 heteroatoms. The van der Waals surface area contributed by atoms with Crippen molar-refractivity contribution in [3.8, 4) is 0 Å². The fraction of sp³-hybridized carbons (Fsp3) is 0. The van der Waals surface area contributed by atoms with Crippen molar-refractivity contribution < 1.29 is 25.3 Å². The predicted molar refractivity (Wildman–Crippen MR) is 6.66 cm³/mol. The molecule has 0 fully saturated rings. The van der Waals surface area contributed by atoms with Crippen molar-refractivity contribution in [1.29, 1.82) is 0 Å². The van der Waals surface area contributed by atoms with Crippen LogP contribution in [0.15, 0.2) is 0 Å². The molecule has 0 atom stereocenters. The molecule has 0 spiro atoms. The van der Waals surface area contributed by atoms with Gasteiger partial charge in [-0.15, -0.1) is 0 Å². The standard InChI is InChI=1S/Mo.H2N.2O/h;1H2;;/q;-1;;. The molecule has 0 saturated heterocycles. The van der Waals surface area contributed by atoms with Crippen LogP contribution in [0, 0.1) is 0 Å². The molecule has 0 aliphatic rings. The summed E-state index contributed by atoms with van der Waals surface area (Å²) in [5, 5.41) is 0. The van der Waals surface area contributed by atoms with Crippen LogP contribution in [0.4, 0.5) is 0 Å². The molecule has 26 valence electrons. The molecule has 0 heterocycles. The average molecular weight is 144 g/mol. The van der Waals surface area contributed by atoms with E-state index in [4.69, 9.17) is 6.80 Å². The molecule has 4 heavy (non-hydrogen) atoms. The van der Waals surface area contributed by atoms with E-state index in [0.29, 0.717) is 0 Å². The minimum atomic E-state index is -2.03. The number of rotatable bonds is 0. The first-order chi connectivity index (χ1) is 1.41. The van der Waals surface area contributed by atoms with E-state index in [9.17, 15) is 0 Å². The van der Waals surface area contributed by atoms with Crippen LogP contribution < -0.4 is 0 Å². The Hall–Kier alpha value is 0.248. The van der Waals surface area contributed by atoms with Gasteiger partial charge >= 0.3 is 25.3 Å². The summed E-state index contributed by atoms with van der Waals surface area (Å²) in [6, 6.07) is 0. The van der Waals surface area contributed by atoms with Gasteiger partial charge in [0.1, 0.15) is 0 Å². The first kappa shape index (κ1) is 8.87. The second-order valence-electron chi connectivity index (χ2n) is 0.0680. The molecule has 0 amide bonds. The van der Waals surface area contributed by atoms with Gasteiger partial charge in [0.25, 0.3) is 0 Å². The summed E-state index contributed by atoms with van der Waals surface area (Å²) in [4.78, 5) is 0. The van der Waals surface area contributed by atoms with Crippen molar-refractivity contribution in [1.82, 2.24) is 0 Å². The van der Waals surface area contributed by atoms with Crippen LogP contribution in [0.3, 0.4) is 0 Å². The quantitative estimate of drug-likeness (QED) is 0.464. The summed E-state index contributed by atoms with van der Waals surface area (Å²) in [5.41, 5.74) is 0. The third-order valence-corrected chi connectivity index (χ3v) is 0. The van der Waals surface area contributed by atoms with Gasteiger partial charge in [0, 0.05) is 0 Å². The molecule has 3 nitrogen and oxygen atoms in total. The molecular weight excluding hydrogens is 142 g/mol. The van der Waals surface area contributed by atoms with Gasteiger partial charge < -0.3 is 6.15 Å². The number of nitrogens with two attached hydrogens (primary N) is 1. The summed E-state index contributed by atoms with van der Waals surface area (Å²) >= 11 is -2.03. The fourth-order valence-corrected chi connectivity index (χ4v) is 0. The van der Waals surface area contributed by atoms with Crippen LogP contribution in [0.2, 0.25) is 0 Å². The summed E-state index contributed by atoms with van der Waals surface area (Å²) in [6.07, 6.45) is 0. The van der Waals surface area contributed by atoms with Crippen LogP contribution in [-0.4, -0.2) is 0 Å². The monoisotopic (exact) mass is 146 g/mol. The molecule has 0 rings (SSSR count). The van der Waals surface area contributed by atoms with Gasteiger partial charge in [0.05, 0.1) is 0 Å². The van der Waals surface area contributed by atoms with Gasteiger partial charge in [0.2, 0.25) is 0 Å². The topological polar surface area (TPSA) is 67.6 Å². The second-order valence-corrected chi connectivity index (χ2v) is 0.403. The van der Waals surface area contributed by atoms with Crippen molar-refractivity contribution in [3.63, 3.8) is 0 Å². The first-order valence-corrected chi connectivity index (χ1v) is 1.97. The van der Waals surface area contributed by atoms with Gasteiger partial charge in [-0.05, 0) is 0 Å². The molecule has 0 bridgehead atoms. The Kier molecular flexibility index (Phi) is 23.4. The normalized spacial score (nSPS) is 3.00. The van der Waals surface area contributed by atoms with Gasteiger partial charge in [-0.3, -0.25) is 0 Å². The molecule has 0 aromatic heterocycles. The van der Waals surface area contributed by atoms with E-state index >= 15 is 0 Å². The molecule has 0 aromatic carbocycles. The van der Waals surface area contributed by atoms with Crippen LogP contribution in [0.25, 0.3) is 6.15 Å². The number of hydrogen-bond acceptors (Lipinski definition) is 2. The van der Waals surface area contributed by atoms with Crippen molar-refractivity contribution in [2.75, 3.05) is 0 Å². The molecular formula is H2MoNO2-. The Morgan fingerprint density at radius 2 is 1.25 bits per heavy atom. The van der Waals surface area contributed by atoms with E-state index in [1.165, 1.54) is 0 Å². The maximum atomic E-state index is 8.50. The molecule has 0 unspecified atom stereocenters. The molecule has 0 radical (unpaired) electrons. The zero-order chi connectivity index (χ0) is 2.71. The van der Waals surface area contributed by atoms with Gasteiger partial charge in [0.15, 0.2) is 0 Å². The third kappa shape index (κ3) is 56.8. The number of hydrogen-bond donors (Lipinski definition) is 0. The fourth-order valence-electron chi connectivity index (χ4n) is 0. The van der Waals surface area contributed by atoms with Gasteiger partial charge in [-0.1, -0.05) is 0 Å². The summed E-state index contributed by atoms with van der Waals surface area (Å²) < 4.78 is 17.0. The van der Waals surface area contributed by atoms with Crippen molar-refractivity contribution >= 4 is 0 Å². The van der Waals surface area contributed by atoms with E-state index in [1.54, 1.807) is 0 Å². The van der Waals surface area contributed by atoms with Crippen LogP contribution in [0.5, 0.6) is 0 Å². The summed E-state index contributed by atoms with van der Waals surface area (Å²) in [7, 11) is 0. The molecule has 0 saturated carbocycles. The van der Waals surface area contributed by atoms with E-state index in [1.807, 2.05) is 0 Å². The van der Waals surface area contributed by atoms with Crippen molar-refractivity contribution in [3.05, 3.63) is 6.15 Å². The minimum absolute atomic E-state index is 0. The van der Waals surface area contributed by atoms with Crippen LogP contribution in [-0.2, 0) is 25.3 Å². The third-order valence-electron chi connectivity index (χ3n) is 0. The second kappa shape index (κ2) is 10.5. The average Bonchev–Trinajstić information content (AvgIpc) is 0.918. The Morgan fingerprint density at radius 1 is 1.25 bits per heavy atom. The Morgan fingerprint density at radius 3 is 1.25 bits per heavy atom. The predicted octanol–water partition coefficient (Wildman–Crippen LogP) is 0.477. The van der Waals surface area contributed by atoms with Crippen molar-refractivity contribution in [2.45, 2.75) is 0 Å². The summed E-state index contributed by atoms with van der Waals surface area (Å²) in [5.74, 6) is 0. The molecule has 0 aromatic rings. The zero-order valence-electron chi connectivity index (χ0n) is 1.80. The van der Waals surface area contributed by atoms with Crippen molar-refractivity contribution in [2.24, 2.45) is 0 Å².